The fraction of sp³-hybridized carbons (Fsp3) is 0.812. The number of hydrogen-bond acceptors (Lipinski definition) is 5. The lowest BCUT2D eigenvalue weighted by atomic mass is 10.00. The van der Waals surface area contributed by atoms with Crippen molar-refractivity contribution < 1.29 is 9.21 Å². The number of nitrogens with one attached hydrogen (secondary N) is 1. The first-order valence-electron chi connectivity index (χ1n) is 8.54. The molecule has 1 amide bonds. The zero-order valence-electron chi connectivity index (χ0n) is 13.5. The average Bonchev–Trinajstić information content (AvgIpc) is 3.05. The van der Waals surface area contributed by atoms with E-state index in [1.165, 1.54) is 12.8 Å². The van der Waals surface area contributed by atoms with E-state index in [1.807, 2.05) is 18.7 Å². The smallest absolute Gasteiger partial charge is 0.239 e. The highest BCUT2D eigenvalue weighted by atomic mass is 16.4. The minimum Gasteiger partial charge on any atom is -0.421 e. The van der Waals surface area contributed by atoms with Gasteiger partial charge in [0, 0.05) is 12.5 Å². The number of likely N-dealkylation sites (tertiary alicyclic amines) is 1. The molecule has 3 heterocycles. The van der Waals surface area contributed by atoms with Crippen LogP contribution in [0.15, 0.2) is 4.42 Å². The number of piperidine rings is 2. The Balaban J connectivity index is 1.76. The van der Waals surface area contributed by atoms with Crippen LogP contribution in [-0.2, 0) is 4.79 Å². The van der Waals surface area contributed by atoms with Gasteiger partial charge in [0.05, 0.1) is 6.04 Å². The van der Waals surface area contributed by atoms with E-state index in [0.29, 0.717) is 11.8 Å². The second-order valence-electron chi connectivity index (χ2n) is 6.68. The number of rotatable bonds is 3. The quantitative estimate of drug-likeness (QED) is 0.929. The van der Waals surface area contributed by atoms with Gasteiger partial charge in [0.2, 0.25) is 17.7 Å². The fourth-order valence-electron chi connectivity index (χ4n) is 3.37. The van der Waals surface area contributed by atoms with Crippen molar-refractivity contribution in [3.63, 3.8) is 0 Å². The summed E-state index contributed by atoms with van der Waals surface area (Å²) in [5, 5.41) is 11.9. The molecular weight excluding hydrogens is 280 g/mol. The van der Waals surface area contributed by atoms with Gasteiger partial charge in [-0.15, -0.1) is 10.2 Å². The second kappa shape index (κ2) is 6.77. The number of aromatic nitrogens is 2. The SMILES string of the molecule is CC(C)C(=O)N1CCCC[C@@H]1c1nnc([C@@H]2CCCCN2)o1. The van der Waals surface area contributed by atoms with E-state index < -0.39 is 0 Å². The molecule has 122 valence electrons. The van der Waals surface area contributed by atoms with Crippen LogP contribution in [0.2, 0.25) is 0 Å². The molecule has 0 radical (unpaired) electrons. The lowest BCUT2D eigenvalue weighted by molar-refractivity contribution is -0.139. The molecule has 0 spiro atoms. The summed E-state index contributed by atoms with van der Waals surface area (Å²) in [7, 11) is 0. The molecule has 1 aromatic rings. The Kier molecular flexibility index (Phi) is 4.76. The highest BCUT2D eigenvalue weighted by Crippen LogP contribution is 2.32. The lowest BCUT2D eigenvalue weighted by Crippen LogP contribution is -2.40. The van der Waals surface area contributed by atoms with Gasteiger partial charge in [0.15, 0.2) is 0 Å². The van der Waals surface area contributed by atoms with Gasteiger partial charge in [0.1, 0.15) is 6.04 Å². The molecule has 22 heavy (non-hydrogen) atoms. The molecule has 2 fully saturated rings. The fourth-order valence-corrected chi connectivity index (χ4v) is 3.37. The third kappa shape index (κ3) is 3.16. The maximum absolute atomic E-state index is 12.4. The molecule has 2 aliphatic heterocycles. The van der Waals surface area contributed by atoms with Gasteiger partial charge < -0.3 is 14.6 Å². The van der Waals surface area contributed by atoms with Gasteiger partial charge in [0.25, 0.3) is 0 Å². The predicted octanol–water partition coefficient (Wildman–Crippen LogP) is 2.59. The van der Waals surface area contributed by atoms with E-state index in [4.69, 9.17) is 4.42 Å². The Morgan fingerprint density at radius 1 is 1.18 bits per heavy atom. The van der Waals surface area contributed by atoms with Gasteiger partial charge in [-0.2, -0.15) is 0 Å². The normalized spacial score (nSPS) is 26.4. The first-order chi connectivity index (χ1) is 10.7. The minimum absolute atomic E-state index is 0.00278. The lowest BCUT2D eigenvalue weighted by Gasteiger charge is -2.34. The molecule has 2 atom stereocenters. The van der Waals surface area contributed by atoms with Gasteiger partial charge in [-0.25, -0.2) is 0 Å². The molecule has 2 aliphatic rings. The van der Waals surface area contributed by atoms with E-state index in [2.05, 4.69) is 15.5 Å². The molecule has 6 heteroatoms. The summed E-state index contributed by atoms with van der Waals surface area (Å²) < 4.78 is 5.94. The Morgan fingerprint density at radius 3 is 2.68 bits per heavy atom. The number of carbonyl (C=O) groups excluding carboxylic acids is 1. The van der Waals surface area contributed by atoms with Crippen molar-refractivity contribution in [3.05, 3.63) is 11.8 Å². The van der Waals surface area contributed by atoms with E-state index in [1.54, 1.807) is 0 Å². The summed E-state index contributed by atoms with van der Waals surface area (Å²) in [4.78, 5) is 14.3. The average molecular weight is 306 g/mol. The third-order valence-electron chi connectivity index (χ3n) is 4.63. The van der Waals surface area contributed by atoms with Crippen molar-refractivity contribution in [2.45, 2.75) is 64.5 Å². The highest BCUT2D eigenvalue weighted by Gasteiger charge is 2.33. The summed E-state index contributed by atoms with van der Waals surface area (Å²) in [5.41, 5.74) is 0. The molecular formula is C16H26N4O2. The van der Waals surface area contributed by atoms with E-state index in [0.717, 1.165) is 38.8 Å². The Hall–Kier alpha value is -1.43. The van der Waals surface area contributed by atoms with Crippen LogP contribution in [0.3, 0.4) is 0 Å². The summed E-state index contributed by atoms with van der Waals surface area (Å²) in [6.07, 6.45) is 6.51. The molecule has 3 rings (SSSR count). The predicted molar refractivity (Wildman–Crippen MR) is 82.0 cm³/mol. The second-order valence-corrected chi connectivity index (χ2v) is 6.68. The number of hydrogen-bond donors (Lipinski definition) is 1. The van der Waals surface area contributed by atoms with Crippen LogP contribution in [0, 0.1) is 5.92 Å². The molecule has 1 N–H and O–H groups in total. The van der Waals surface area contributed by atoms with Crippen LogP contribution in [-0.4, -0.2) is 34.1 Å². The molecule has 0 aromatic carbocycles. The molecule has 6 nitrogen and oxygen atoms in total. The van der Waals surface area contributed by atoms with Gasteiger partial charge in [-0.05, 0) is 38.6 Å². The summed E-state index contributed by atoms with van der Waals surface area (Å²) >= 11 is 0. The zero-order valence-corrected chi connectivity index (χ0v) is 13.5. The first-order valence-corrected chi connectivity index (χ1v) is 8.54. The number of carbonyl (C=O) groups is 1. The zero-order chi connectivity index (χ0) is 15.5. The standard InChI is InChI=1S/C16H26N4O2/c1-11(2)16(21)20-10-6-4-8-13(20)15-19-18-14(22-15)12-7-3-5-9-17-12/h11-13,17H,3-10H2,1-2H3/t12-,13+/m0/s1. The first kappa shape index (κ1) is 15.5. The van der Waals surface area contributed by atoms with E-state index in [-0.39, 0.29) is 23.9 Å². The van der Waals surface area contributed by atoms with E-state index in [9.17, 15) is 4.79 Å². The maximum atomic E-state index is 12.4. The molecule has 2 saturated heterocycles. The van der Waals surface area contributed by atoms with Crippen LogP contribution >= 0.6 is 0 Å². The summed E-state index contributed by atoms with van der Waals surface area (Å²) in [6, 6.07) is 0.126. The Bertz CT molecular complexity index is 508. The molecule has 0 saturated carbocycles. The Labute approximate surface area is 131 Å². The summed E-state index contributed by atoms with van der Waals surface area (Å²) in [5.74, 6) is 1.47. The number of amides is 1. The monoisotopic (exact) mass is 306 g/mol. The summed E-state index contributed by atoms with van der Waals surface area (Å²) in [6.45, 7) is 5.68. The van der Waals surface area contributed by atoms with Gasteiger partial charge >= 0.3 is 0 Å². The largest absolute Gasteiger partial charge is 0.421 e. The van der Waals surface area contributed by atoms with Crippen molar-refractivity contribution in [1.29, 1.82) is 0 Å². The van der Waals surface area contributed by atoms with Crippen LogP contribution in [0.25, 0.3) is 0 Å². The van der Waals surface area contributed by atoms with Crippen molar-refractivity contribution in [2.24, 2.45) is 5.92 Å². The van der Waals surface area contributed by atoms with Crippen LogP contribution < -0.4 is 5.32 Å². The molecule has 1 aromatic heterocycles. The molecule has 0 aliphatic carbocycles. The van der Waals surface area contributed by atoms with Crippen LogP contribution in [0.5, 0.6) is 0 Å². The van der Waals surface area contributed by atoms with Crippen molar-refractivity contribution in [3.8, 4) is 0 Å². The minimum atomic E-state index is -0.0477. The van der Waals surface area contributed by atoms with Gasteiger partial charge in [-0.1, -0.05) is 20.3 Å². The Morgan fingerprint density at radius 2 is 1.95 bits per heavy atom. The van der Waals surface area contributed by atoms with E-state index >= 15 is 0 Å². The van der Waals surface area contributed by atoms with Crippen molar-refractivity contribution in [2.75, 3.05) is 13.1 Å². The third-order valence-corrected chi connectivity index (χ3v) is 4.63. The topological polar surface area (TPSA) is 71.3 Å². The van der Waals surface area contributed by atoms with Gasteiger partial charge in [-0.3, -0.25) is 4.79 Å². The molecule has 0 unspecified atom stereocenters. The molecule has 0 bridgehead atoms. The number of nitrogens with zero attached hydrogens (tertiary/aromatic N) is 3. The van der Waals surface area contributed by atoms with Crippen molar-refractivity contribution >= 4 is 5.91 Å². The van der Waals surface area contributed by atoms with Crippen molar-refractivity contribution in [1.82, 2.24) is 20.4 Å². The highest BCUT2D eigenvalue weighted by molar-refractivity contribution is 5.78. The maximum Gasteiger partial charge on any atom is 0.239 e. The van der Waals surface area contributed by atoms with Crippen LogP contribution in [0.1, 0.15) is 76.2 Å². The van der Waals surface area contributed by atoms with Crippen LogP contribution in [0.4, 0.5) is 0 Å².